The van der Waals surface area contributed by atoms with E-state index in [2.05, 4.69) is 0 Å². The normalized spacial score (nSPS) is 28.5. The van der Waals surface area contributed by atoms with Crippen LogP contribution in [0.1, 0.15) is 25.7 Å². The molecule has 2 aliphatic rings. The van der Waals surface area contributed by atoms with Crippen molar-refractivity contribution in [2.75, 3.05) is 6.26 Å². The van der Waals surface area contributed by atoms with Crippen LogP contribution < -0.4 is 0 Å². The molecule has 2 aliphatic carbocycles. The summed E-state index contributed by atoms with van der Waals surface area (Å²) in [4.78, 5) is 0. The van der Waals surface area contributed by atoms with Crippen LogP contribution >= 0.6 is 0 Å². The van der Waals surface area contributed by atoms with E-state index in [1.54, 1.807) is 0 Å². The Morgan fingerprint density at radius 2 is 1.91 bits per heavy atom. The van der Waals surface area contributed by atoms with Crippen molar-refractivity contribution >= 4 is 10.1 Å². The molecule has 0 atom stereocenters. The molecule has 2 fully saturated rings. The van der Waals surface area contributed by atoms with Crippen LogP contribution in [0.2, 0.25) is 0 Å². The molecule has 0 heterocycles. The Morgan fingerprint density at radius 3 is 2.27 bits per heavy atom. The van der Waals surface area contributed by atoms with E-state index in [1.165, 1.54) is 12.8 Å². The van der Waals surface area contributed by atoms with Gasteiger partial charge in [-0.05, 0) is 31.1 Å². The van der Waals surface area contributed by atoms with Gasteiger partial charge in [0.05, 0.1) is 12.4 Å². The molecule has 0 amide bonds. The first kappa shape index (κ1) is 7.55. The van der Waals surface area contributed by atoms with Gasteiger partial charge in [-0.15, -0.1) is 0 Å². The largest absolute Gasteiger partial charge is 0.267 e. The van der Waals surface area contributed by atoms with E-state index < -0.39 is 10.1 Å². The zero-order valence-corrected chi connectivity index (χ0v) is 7.36. The van der Waals surface area contributed by atoms with Gasteiger partial charge in [0.1, 0.15) is 0 Å². The van der Waals surface area contributed by atoms with Crippen LogP contribution in [0.4, 0.5) is 0 Å². The minimum absolute atomic E-state index is 0.00694. The standard InChI is InChI=1S/C7H12O3S/c1-11(8,9)10-6-4-7(5-6)2-3-7/h6H,2-5H2,1H3. The van der Waals surface area contributed by atoms with Crippen molar-refractivity contribution < 1.29 is 12.6 Å². The molecule has 0 saturated heterocycles. The lowest BCUT2D eigenvalue weighted by molar-refractivity contribution is 0.0571. The summed E-state index contributed by atoms with van der Waals surface area (Å²) >= 11 is 0. The smallest absolute Gasteiger partial charge is 0.264 e. The number of hydrogen-bond acceptors (Lipinski definition) is 3. The third-order valence-corrected chi connectivity index (χ3v) is 3.21. The SMILES string of the molecule is CS(=O)(=O)OC1CC2(CC2)C1. The molecular formula is C7H12O3S. The maximum Gasteiger partial charge on any atom is 0.264 e. The van der Waals surface area contributed by atoms with Gasteiger partial charge in [0.25, 0.3) is 10.1 Å². The summed E-state index contributed by atoms with van der Waals surface area (Å²) in [6.45, 7) is 0. The van der Waals surface area contributed by atoms with Gasteiger partial charge in [0.15, 0.2) is 0 Å². The fraction of sp³-hybridized carbons (Fsp3) is 1.00. The van der Waals surface area contributed by atoms with E-state index in [1.807, 2.05) is 0 Å². The molecule has 64 valence electrons. The average molecular weight is 176 g/mol. The predicted molar refractivity (Wildman–Crippen MR) is 40.6 cm³/mol. The van der Waals surface area contributed by atoms with Gasteiger partial charge in [-0.25, -0.2) is 0 Å². The highest BCUT2D eigenvalue weighted by atomic mass is 32.2. The highest BCUT2D eigenvalue weighted by Crippen LogP contribution is 2.61. The fourth-order valence-electron chi connectivity index (χ4n) is 1.81. The zero-order valence-electron chi connectivity index (χ0n) is 6.54. The Labute approximate surface area is 66.9 Å². The van der Waals surface area contributed by atoms with Crippen molar-refractivity contribution in [2.45, 2.75) is 31.8 Å². The van der Waals surface area contributed by atoms with Gasteiger partial charge in [0, 0.05) is 0 Å². The van der Waals surface area contributed by atoms with Gasteiger partial charge < -0.3 is 0 Å². The van der Waals surface area contributed by atoms with Crippen molar-refractivity contribution in [3.8, 4) is 0 Å². The van der Waals surface area contributed by atoms with Gasteiger partial charge >= 0.3 is 0 Å². The molecule has 0 aromatic rings. The van der Waals surface area contributed by atoms with Crippen molar-refractivity contribution in [3.63, 3.8) is 0 Å². The highest BCUT2D eigenvalue weighted by Gasteiger charge is 2.54. The summed E-state index contributed by atoms with van der Waals surface area (Å²) in [5.41, 5.74) is 0.523. The van der Waals surface area contributed by atoms with E-state index in [0.717, 1.165) is 19.1 Å². The van der Waals surface area contributed by atoms with Crippen LogP contribution in [0, 0.1) is 5.41 Å². The number of rotatable bonds is 2. The lowest BCUT2D eigenvalue weighted by Crippen LogP contribution is -2.34. The molecular weight excluding hydrogens is 164 g/mol. The van der Waals surface area contributed by atoms with Crippen LogP contribution in [0.15, 0.2) is 0 Å². The average Bonchev–Trinajstić information content (AvgIpc) is 2.38. The molecule has 3 nitrogen and oxygen atoms in total. The second-order valence-corrected chi connectivity index (χ2v) is 5.43. The van der Waals surface area contributed by atoms with Crippen LogP contribution in [0.3, 0.4) is 0 Å². The van der Waals surface area contributed by atoms with Gasteiger partial charge in [-0.2, -0.15) is 8.42 Å². The molecule has 0 N–H and O–H groups in total. The van der Waals surface area contributed by atoms with Crippen LogP contribution in [-0.4, -0.2) is 20.8 Å². The first-order valence-corrected chi connectivity index (χ1v) is 5.69. The lowest BCUT2D eigenvalue weighted by atomic mass is 9.79. The third kappa shape index (κ3) is 1.56. The summed E-state index contributed by atoms with van der Waals surface area (Å²) in [5.74, 6) is 0. The first-order chi connectivity index (χ1) is 4.99. The molecule has 0 radical (unpaired) electrons. The Kier molecular flexibility index (Phi) is 1.36. The molecule has 4 heteroatoms. The van der Waals surface area contributed by atoms with Crippen LogP contribution in [-0.2, 0) is 14.3 Å². The summed E-state index contributed by atoms with van der Waals surface area (Å²) in [7, 11) is -3.21. The molecule has 1 spiro atoms. The first-order valence-electron chi connectivity index (χ1n) is 3.87. The Morgan fingerprint density at radius 1 is 1.36 bits per heavy atom. The van der Waals surface area contributed by atoms with Gasteiger partial charge in [0.2, 0.25) is 0 Å². The topological polar surface area (TPSA) is 43.4 Å². The highest BCUT2D eigenvalue weighted by molar-refractivity contribution is 7.86. The van der Waals surface area contributed by atoms with E-state index in [4.69, 9.17) is 4.18 Å². The molecule has 11 heavy (non-hydrogen) atoms. The fourth-order valence-corrected chi connectivity index (χ4v) is 2.44. The molecule has 0 aromatic heterocycles. The molecule has 0 bridgehead atoms. The van der Waals surface area contributed by atoms with Gasteiger partial charge in [-0.3, -0.25) is 4.18 Å². The van der Waals surface area contributed by atoms with Crippen molar-refractivity contribution in [1.29, 1.82) is 0 Å². The summed E-state index contributed by atoms with van der Waals surface area (Å²) in [6, 6.07) is 0. The molecule has 2 saturated carbocycles. The maximum atomic E-state index is 10.6. The van der Waals surface area contributed by atoms with E-state index in [0.29, 0.717) is 5.41 Å². The van der Waals surface area contributed by atoms with Crippen LogP contribution in [0.5, 0.6) is 0 Å². The van der Waals surface area contributed by atoms with Crippen LogP contribution in [0.25, 0.3) is 0 Å². The molecule has 0 unspecified atom stereocenters. The van der Waals surface area contributed by atoms with E-state index in [9.17, 15) is 8.42 Å². The zero-order chi connectivity index (χ0) is 8.11. The molecule has 2 rings (SSSR count). The summed E-state index contributed by atoms with van der Waals surface area (Å²) in [5, 5.41) is 0. The Hall–Kier alpha value is -0.0900. The Bertz CT molecular complexity index is 255. The van der Waals surface area contributed by atoms with E-state index >= 15 is 0 Å². The van der Waals surface area contributed by atoms with E-state index in [-0.39, 0.29) is 6.10 Å². The lowest BCUT2D eigenvalue weighted by Gasteiger charge is -2.34. The minimum Gasteiger partial charge on any atom is -0.267 e. The van der Waals surface area contributed by atoms with Gasteiger partial charge in [-0.1, -0.05) is 0 Å². The van der Waals surface area contributed by atoms with Crippen molar-refractivity contribution in [1.82, 2.24) is 0 Å². The second kappa shape index (κ2) is 1.98. The van der Waals surface area contributed by atoms with Crippen molar-refractivity contribution in [3.05, 3.63) is 0 Å². The third-order valence-electron chi connectivity index (χ3n) is 2.59. The minimum atomic E-state index is -3.21. The quantitative estimate of drug-likeness (QED) is 0.587. The molecule has 0 aliphatic heterocycles. The number of hydrogen-bond donors (Lipinski definition) is 0. The second-order valence-electron chi connectivity index (χ2n) is 3.83. The predicted octanol–water partition coefficient (Wildman–Crippen LogP) is 0.905. The summed E-state index contributed by atoms with van der Waals surface area (Å²) < 4.78 is 26.1. The monoisotopic (exact) mass is 176 g/mol. The molecule has 0 aromatic carbocycles. The Balaban J connectivity index is 1.83. The summed E-state index contributed by atoms with van der Waals surface area (Å²) in [6.07, 6.45) is 5.57. The maximum absolute atomic E-state index is 10.6. The van der Waals surface area contributed by atoms with Crippen molar-refractivity contribution in [2.24, 2.45) is 5.41 Å².